The van der Waals surface area contributed by atoms with Crippen LogP contribution in [-0.2, 0) is 14.6 Å². The summed E-state index contributed by atoms with van der Waals surface area (Å²) in [5, 5.41) is 0. The summed E-state index contributed by atoms with van der Waals surface area (Å²) >= 11 is 0. The van der Waals surface area contributed by atoms with Gasteiger partial charge >= 0.3 is 6.03 Å². The number of sulfone groups is 1. The van der Waals surface area contributed by atoms with Crippen molar-refractivity contribution in [1.82, 2.24) is 19.6 Å². The van der Waals surface area contributed by atoms with Gasteiger partial charge in [0, 0.05) is 46.3 Å². The fraction of sp³-hybridized carbons (Fsp3) is 0.867. The minimum atomic E-state index is -3.20. The number of piperazine rings is 1. The van der Waals surface area contributed by atoms with Crippen LogP contribution < -0.4 is 0 Å². The first-order chi connectivity index (χ1) is 11.2. The molecule has 24 heavy (non-hydrogen) atoms. The van der Waals surface area contributed by atoms with E-state index in [0.717, 1.165) is 0 Å². The standard InChI is InChI=1S/C15H28N4O4S/c1-5-17(6-2)15(21)19-8-7-18(9-14(20)16(3)4)12-10-24(22,23)11-13(12)19/h12-13H,5-11H2,1-4H3/t12-,13+/m0/s1. The summed E-state index contributed by atoms with van der Waals surface area (Å²) in [7, 11) is 0.169. The van der Waals surface area contributed by atoms with Crippen LogP contribution in [0.25, 0.3) is 0 Å². The molecule has 0 aliphatic carbocycles. The molecule has 2 aliphatic heterocycles. The number of amides is 3. The largest absolute Gasteiger partial charge is 0.348 e. The van der Waals surface area contributed by atoms with Crippen molar-refractivity contribution >= 4 is 21.8 Å². The average molecular weight is 360 g/mol. The maximum atomic E-state index is 12.7. The molecular formula is C15H28N4O4S. The normalized spacial score (nSPS) is 26.1. The molecule has 0 radical (unpaired) electrons. The topological polar surface area (TPSA) is 81.2 Å². The zero-order valence-corrected chi connectivity index (χ0v) is 15.8. The molecule has 0 saturated carbocycles. The molecule has 2 atom stereocenters. The van der Waals surface area contributed by atoms with Crippen LogP contribution in [0.5, 0.6) is 0 Å². The zero-order valence-electron chi connectivity index (χ0n) is 14.9. The number of rotatable bonds is 4. The number of nitrogens with zero attached hydrogens (tertiary/aromatic N) is 4. The average Bonchev–Trinajstić information content (AvgIpc) is 2.83. The van der Waals surface area contributed by atoms with Crippen molar-refractivity contribution in [1.29, 1.82) is 0 Å². The van der Waals surface area contributed by atoms with Crippen LogP contribution in [0.1, 0.15) is 13.8 Å². The summed E-state index contributed by atoms with van der Waals surface area (Å²) in [6, 6.07) is -0.773. The molecule has 8 nitrogen and oxygen atoms in total. The Morgan fingerprint density at radius 2 is 1.62 bits per heavy atom. The minimum absolute atomic E-state index is 0.0143. The van der Waals surface area contributed by atoms with Gasteiger partial charge in [-0.05, 0) is 13.8 Å². The smallest absolute Gasteiger partial charge is 0.320 e. The fourth-order valence-corrected chi connectivity index (χ4v) is 5.46. The minimum Gasteiger partial charge on any atom is -0.348 e. The van der Waals surface area contributed by atoms with Crippen molar-refractivity contribution in [3.05, 3.63) is 0 Å². The summed E-state index contributed by atoms with van der Waals surface area (Å²) in [6.45, 7) is 6.18. The van der Waals surface area contributed by atoms with E-state index in [-0.39, 0.29) is 42.1 Å². The number of carbonyl (C=O) groups is 2. The lowest BCUT2D eigenvalue weighted by Crippen LogP contribution is -2.63. The third kappa shape index (κ3) is 3.83. The van der Waals surface area contributed by atoms with Crippen LogP contribution in [0.15, 0.2) is 0 Å². The van der Waals surface area contributed by atoms with Crippen LogP contribution in [0.4, 0.5) is 4.79 Å². The van der Waals surface area contributed by atoms with Gasteiger partial charge in [-0.1, -0.05) is 0 Å². The molecule has 0 aromatic rings. The predicted octanol–water partition coefficient (Wildman–Crippen LogP) is -0.680. The Kier molecular flexibility index (Phi) is 5.74. The van der Waals surface area contributed by atoms with Crippen molar-refractivity contribution in [3.8, 4) is 0 Å². The number of likely N-dealkylation sites (N-methyl/N-ethyl adjacent to an activating group) is 1. The third-order valence-electron chi connectivity index (χ3n) is 4.91. The van der Waals surface area contributed by atoms with Gasteiger partial charge in [-0.3, -0.25) is 9.69 Å². The molecule has 2 heterocycles. The molecule has 0 spiro atoms. The van der Waals surface area contributed by atoms with Gasteiger partial charge in [0.2, 0.25) is 5.91 Å². The lowest BCUT2D eigenvalue weighted by atomic mass is 10.0. The second kappa shape index (κ2) is 7.26. The van der Waals surface area contributed by atoms with Crippen molar-refractivity contribution in [3.63, 3.8) is 0 Å². The molecule has 2 aliphatic rings. The molecule has 138 valence electrons. The number of hydrogen-bond acceptors (Lipinski definition) is 5. The Balaban J connectivity index is 2.20. The molecule has 2 saturated heterocycles. The van der Waals surface area contributed by atoms with Crippen molar-refractivity contribution in [2.24, 2.45) is 0 Å². The highest BCUT2D eigenvalue weighted by Gasteiger charge is 2.48. The molecule has 0 unspecified atom stereocenters. The first-order valence-corrected chi connectivity index (χ1v) is 10.2. The van der Waals surface area contributed by atoms with Crippen LogP contribution >= 0.6 is 0 Å². The van der Waals surface area contributed by atoms with E-state index in [2.05, 4.69) is 0 Å². The summed E-state index contributed by atoms with van der Waals surface area (Å²) in [4.78, 5) is 31.6. The highest BCUT2D eigenvalue weighted by Crippen LogP contribution is 2.27. The predicted molar refractivity (Wildman–Crippen MR) is 91.5 cm³/mol. The van der Waals surface area contributed by atoms with Crippen molar-refractivity contribution in [2.75, 3.05) is 58.3 Å². The van der Waals surface area contributed by atoms with Crippen molar-refractivity contribution in [2.45, 2.75) is 25.9 Å². The Hall–Kier alpha value is -1.35. The first kappa shape index (κ1) is 19.0. The number of urea groups is 1. The van der Waals surface area contributed by atoms with Crippen LogP contribution in [0.2, 0.25) is 0 Å². The summed E-state index contributed by atoms with van der Waals surface area (Å²) < 4.78 is 24.3. The lowest BCUT2D eigenvalue weighted by Gasteiger charge is -2.45. The van der Waals surface area contributed by atoms with E-state index in [1.807, 2.05) is 18.7 Å². The Morgan fingerprint density at radius 1 is 1.04 bits per heavy atom. The second-order valence-electron chi connectivity index (χ2n) is 6.62. The second-order valence-corrected chi connectivity index (χ2v) is 8.77. The van der Waals surface area contributed by atoms with Gasteiger partial charge in [-0.25, -0.2) is 13.2 Å². The van der Waals surface area contributed by atoms with Crippen LogP contribution in [-0.4, -0.2) is 110 Å². The van der Waals surface area contributed by atoms with E-state index < -0.39 is 9.84 Å². The molecule has 3 amide bonds. The van der Waals surface area contributed by atoms with Crippen LogP contribution in [0.3, 0.4) is 0 Å². The van der Waals surface area contributed by atoms with Crippen LogP contribution in [0, 0.1) is 0 Å². The lowest BCUT2D eigenvalue weighted by molar-refractivity contribution is -0.131. The maximum absolute atomic E-state index is 12.7. The van der Waals surface area contributed by atoms with Crippen molar-refractivity contribution < 1.29 is 18.0 Å². The molecule has 0 aromatic carbocycles. The summed E-state index contributed by atoms with van der Waals surface area (Å²) in [5.74, 6) is -0.0564. The third-order valence-corrected chi connectivity index (χ3v) is 6.61. The molecule has 9 heteroatoms. The Labute approximate surface area is 144 Å². The zero-order chi connectivity index (χ0) is 18.1. The maximum Gasteiger partial charge on any atom is 0.320 e. The molecule has 0 bridgehead atoms. The van der Waals surface area contributed by atoms with Gasteiger partial charge in [0.1, 0.15) is 0 Å². The Bertz CT molecular complexity index is 588. The van der Waals surface area contributed by atoms with Gasteiger partial charge in [0.05, 0.1) is 24.1 Å². The van der Waals surface area contributed by atoms with E-state index >= 15 is 0 Å². The molecular weight excluding hydrogens is 332 g/mol. The number of fused-ring (bicyclic) bond motifs is 1. The SMILES string of the molecule is CCN(CC)C(=O)N1CCN(CC(=O)N(C)C)[C@H]2CS(=O)(=O)C[C@H]21. The molecule has 2 fully saturated rings. The van der Waals surface area contributed by atoms with Gasteiger partial charge in [0.15, 0.2) is 9.84 Å². The number of carbonyl (C=O) groups excluding carboxylic acids is 2. The van der Waals surface area contributed by atoms with Gasteiger partial charge in [-0.2, -0.15) is 0 Å². The van der Waals surface area contributed by atoms with Gasteiger partial charge in [-0.15, -0.1) is 0 Å². The van der Waals surface area contributed by atoms with E-state index in [4.69, 9.17) is 0 Å². The number of hydrogen-bond donors (Lipinski definition) is 0. The fourth-order valence-electron chi connectivity index (χ4n) is 3.45. The van der Waals surface area contributed by atoms with E-state index in [1.165, 1.54) is 4.90 Å². The Morgan fingerprint density at radius 3 is 2.17 bits per heavy atom. The van der Waals surface area contributed by atoms with Gasteiger partial charge < -0.3 is 14.7 Å². The monoisotopic (exact) mass is 360 g/mol. The van der Waals surface area contributed by atoms with E-state index in [0.29, 0.717) is 26.2 Å². The molecule has 2 rings (SSSR count). The highest BCUT2D eigenvalue weighted by atomic mass is 32.2. The summed E-state index contributed by atoms with van der Waals surface area (Å²) in [5.41, 5.74) is 0. The first-order valence-electron chi connectivity index (χ1n) is 8.40. The molecule has 0 aromatic heterocycles. The van der Waals surface area contributed by atoms with E-state index in [1.54, 1.807) is 23.9 Å². The van der Waals surface area contributed by atoms with Gasteiger partial charge in [0.25, 0.3) is 0 Å². The van der Waals surface area contributed by atoms with E-state index in [9.17, 15) is 18.0 Å². The summed E-state index contributed by atoms with van der Waals surface area (Å²) in [6.07, 6.45) is 0. The highest BCUT2D eigenvalue weighted by molar-refractivity contribution is 7.91. The quantitative estimate of drug-likeness (QED) is 0.664. The molecule has 0 N–H and O–H groups in total.